The number of para-hydroxylation sites is 1. The number of carboxylic acids is 1. The predicted octanol–water partition coefficient (Wildman–Crippen LogP) is 3.89. The lowest BCUT2D eigenvalue weighted by Crippen LogP contribution is -1.97. The van der Waals surface area contributed by atoms with Crippen molar-refractivity contribution in [3.05, 3.63) is 39.3 Å². The Bertz CT molecular complexity index is 551. The highest BCUT2D eigenvalue weighted by molar-refractivity contribution is 7.14. The second-order valence-electron chi connectivity index (χ2n) is 3.06. The third kappa shape index (κ3) is 2.69. The fraction of sp³-hybridized carbons (Fsp3) is 0. The summed E-state index contributed by atoms with van der Waals surface area (Å²) in [5, 5.41) is 14.4. The lowest BCUT2D eigenvalue weighted by Gasteiger charge is -2.06. The molecule has 0 atom stereocenters. The highest BCUT2D eigenvalue weighted by atomic mass is 35.5. The van der Waals surface area contributed by atoms with Crippen LogP contribution in [0.5, 0.6) is 0 Å². The number of nitrogens with one attached hydrogen (secondary N) is 1. The van der Waals surface area contributed by atoms with Crippen LogP contribution in [-0.4, -0.2) is 16.1 Å². The maximum atomic E-state index is 10.7. The molecule has 0 saturated heterocycles. The summed E-state index contributed by atoms with van der Waals surface area (Å²) in [6, 6.07) is 5.09. The molecule has 0 fully saturated rings. The molecular formula is C10H6Cl2N2O2S. The van der Waals surface area contributed by atoms with Crippen molar-refractivity contribution in [3.8, 4) is 0 Å². The van der Waals surface area contributed by atoms with Gasteiger partial charge in [0.1, 0.15) is 0 Å². The minimum atomic E-state index is -1.07. The maximum absolute atomic E-state index is 10.7. The van der Waals surface area contributed by atoms with Gasteiger partial charge in [-0.3, -0.25) is 0 Å². The topological polar surface area (TPSA) is 62.2 Å². The Morgan fingerprint density at radius 3 is 2.53 bits per heavy atom. The van der Waals surface area contributed by atoms with E-state index >= 15 is 0 Å². The molecule has 1 heterocycles. The second-order valence-corrected chi connectivity index (χ2v) is 4.74. The summed E-state index contributed by atoms with van der Waals surface area (Å²) >= 11 is 13.1. The SMILES string of the molecule is O=C(O)c1csc(Nc2c(Cl)cccc2Cl)n1. The van der Waals surface area contributed by atoms with Gasteiger partial charge < -0.3 is 10.4 Å². The Morgan fingerprint density at radius 2 is 2.00 bits per heavy atom. The van der Waals surface area contributed by atoms with Crippen LogP contribution in [0.25, 0.3) is 0 Å². The van der Waals surface area contributed by atoms with Crippen molar-refractivity contribution >= 4 is 51.3 Å². The van der Waals surface area contributed by atoms with Crippen LogP contribution in [0.4, 0.5) is 10.8 Å². The van der Waals surface area contributed by atoms with E-state index in [1.165, 1.54) is 16.7 Å². The molecule has 4 nitrogen and oxygen atoms in total. The quantitative estimate of drug-likeness (QED) is 0.899. The van der Waals surface area contributed by atoms with E-state index in [1.54, 1.807) is 18.2 Å². The number of benzene rings is 1. The van der Waals surface area contributed by atoms with E-state index in [4.69, 9.17) is 28.3 Å². The Morgan fingerprint density at radius 1 is 1.35 bits per heavy atom. The molecular weight excluding hydrogens is 283 g/mol. The molecule has 1 aromatic carbocycles. The molecule has 2 N–H and O–H groups in total. The van der Waals surface area contributed by atoms with Gasteiger partial charge in [-0.25, -0.2) is 9.78 Å². The number of nitrogens with zero attached hydrogens (tertiary/aromatic N) is 1. The molecule has 2 aromatic rings. The zero-order chi connectivity index (χ0) is 12.4. The summed E-state index contributed by atoms with van der Waals surface area (Å²) in [5.74, 6) is -1.07. The Balaban J connectivity index is 2.28. The van der Waals surface area contributed by atoms with Gasteiger partial charge >= 0.3 is 5.97 Å². The molecule has 0 aliphatic heterocycles. The molecule has 2 rings (SSSR count). The molecule has 0 spiro atoms. The predicted molar refractivity (Wildman–Crippen MR) is 68.8 cm³/mol. The van der Waals surface area contributed by atoms with Crippen LogP contribution in [0.15, 0.2) is 23.6 Å². The van der Waals surface area contributed by atoms with Crippen molar-refractivity contribution < 1.29 is 9.90 Å². The maximum Gasteiger partial charge on any atom is 0.355 e. The van der Waals surface area contributed by atoms with E-state index in [-0.39, 0.29) is 5.69 Å². The zero-order valence-corrected chi connectivity index (χ0v) is 10.6. The number of aromatic nitrogens is 1. The normalized spacial score (nSPS) is 10.2. The number of anilines is 2. The van der Waals surface area contributed by atoms with E-state index in [1.807, 2.05) is 0 Å². The van der Waals surface area contributed by atoms with Gasteiger partial charge in [-0.05, 0) is 12.1 Å². The number of rotatable bonds is 3. The number of thiazole rings is 1. The fourth-order valence-electron chi connectivity index (χ4n) is 1.15. The first-order valence-corrected chi connectivity index (χ1v) is 6.11. The smallest absolute Gasteiger partial charge is 0.355 e. The van der Waals surface area contributed by atoms with Gasteiger partial charge in [0.25, 0.3) is 0 Å². The zero-order valence-electron chi connectivity index (χ0n) is 8.28. The molecule has 7 heteroatoms. The van der Waals surface area contributed by atoms with Crippen molar-refractivity contribution in [3.63, 3.8) is 0 Å². The van der Waals surface area contributed by atoms with Crippen molar-refractivity contribution in [2.45, 2.75) is 0 Å². The highest BCUT2D eigenvalue weighted by Crippen LogP contribution is 2.33. The van der Waals surface area contributed by atoms with Crippen molar-refractivity contribution in [2.24, 2.45) is 0 Å². The van der Waals surface area contributed by atoms with Crippen LogP contribution in [0.1, 0.15) is 10.5 Å². The summed E-state index contributed by atoms with van der Waals surface area (Å²) in [6.45, 7) is 0. The third-order valence-electron chi connectivity index (χ3n) is 1.92. The van der Waals surface area contributed by atoms with Crippen LogP contribution < -0.4 is 5.32 Å². The van der Waals surface area contributed by atoms with Gasteiger partial charge in [0.05, 0.1) is 15.7 Å². The molecule has 0 saturated carbocycles. The van der Waals surface area contributed by atoms with E-state index in [0.717, 1.165) is 0 Å². The van der Waals surface area contributed by atoms with Crippen molar-refractivity contribution in [2.75, 3.05) is 5.32 Å². The molecule has 1 aromatic heterocycles. The minimum absolute atomic E-state index is 0.0133. The van der Waals surface area contributed by atoms with Gasteiger partial charge in [0.2, 0.25) is 0 Å². The summed E-state index contributed by atoms with van der Waals surface area (Å²) in [4.78, 5) is 14.5. The summed E-state index contributed by atoms with van der Waals surface area (Å²) < 4.78 is 0. The van der Waals surface area contributed by atoms with E-state index < -0.39 is 5.97 Å². The first-order valence-electron chi connectivity index (χ1n) is 4.48. The molecule has 0 aliphatic carbocycles. The molecule has 0 bridgehead atoms. The fourth-order valence-corrected chi connectivity index (χ4v) is 2.33. The highest BCUT2D eigenvalue weighted by Gasteiger charge is 2.11. The number of carboxylic acid groups (broad SMARTS) is 1. The number of carbonyl (C=O) groups is 1. The lowest BCUT2D eigenvalue weighted by molar-refractivity contribution is 0.0691. The van der Waals surface area contributed by atoms with Crippen molar-refractivity contribution in [1.29, 1.82) is 0 Å². The van der Waals surface area contributed by atoms with Gasteiger partial charge in [-0.1, -0.05) is 29.3 Å². The van der Waals surface area contributed by atoms with E-state index in [0.29, 0.717) is 20.9 Å². The number of hydrogen-bond donors (Lipinski definition) is 2. The molecule has 0 amide bonds. The standard InChI is InChI=1S/C10H6Cl2N2O2S/c11-5-2-1-3-6(12)8(5)14-10-13-7(4-17-10)9(15)16/h1-4H,(H,13,14)(H,15,16). The Labute approximate surface area is 111 Å². The van der Waals surface area contributed by atoms with Crippen LogP contribution in [0.2, 0.25) is 10.0 Å². The third-order valence-corrected chi connectivity index (χ3v) is 3.31. The second kappa shape index (κ2) is 4.91. The molecule has 17 heavy (non-hydrogen) atoms. The lowest BCUT2D eigenvalue weighted by atomic mass is 10.3. The van der Waals surface area contributed by atoms with Gasteiger partial charge in [-0.15, -0.1) is 11.3 Å². The molecule has 0 aliphatic rings. The van der Waals surface area contributed by atoms with E-state index in [2.05, 4.69) is 10.3 Å². The van der Waals surface area contributed by atoms with Crippen LogP contribution in [0.3, 0.4) is 0 Å². The molecule has 88 valence electrons. The Hall–Kier alpha value is -1.30. The summed E-state index contributed by atoms with van der Waals surface area (Å²) in [5.41, 5.74) is 0.503. The number of halogens is 2. The van der Waals surface area contributed by atoms with Crippen LogP contribution in [-0.2, 0) is 0 Å². The average molecular weight is 289 g/mol. The minimum Gasteiger partial charge on any atom is -0.476 e. The largest absolute Gasteiger partial charge is 0.476 e. The number of aromatic carboxylic acids is 1. The van der Waals surface area contributed by atoms with Crippen LogP contribution in [0, 0.1) is 0 Å². The van der Waals surface area contributed by atoms with Gasteiger partial charge in [0.15, 0.2) is 10.8 Å². The summed E-state index contributed by atoms with van der Waals surface area (Å²) in [6.07, 6.45) is 0. The first kappa shape index (κ1) is 12.2. The number of hydrogen-bond acceptors (Lipinski definition) is 4. The van der Waals surface area contributed by atoms with Gasteiger partial charge in [0, 0.05) is 5.38 Å². The Kier molecular flexibility index (Phi) is 3.51. The van der Waals surface area contributed by atoms with Gasteiger partial charge in [-0.2, -0.15) is 0 Å². The van der Waals surface area contributed by atoms with Crippen LogP contribution >= 0.6 is 34.5 Å². The van der Waals surface area contributed by atoms with E-state index in [9.17, 15) is 4.79 Å². The van der Waals surface area contributed by atoms with Crippen molar-refractivity contribution in [1.82, 2.24) is 4.98 Å². The summed E-state index contributed by atoms with van der Waals surface area (Å²) in [7, 11) is 0. The molecule has 0 unspecified atom stereocenters. The monoisotopic (exact) mass is 288 g/mol. The average Bonchev–Trinajstić information content (AvgIpc) is 2.72. The molecule has 0 radical (unpaired) electrons. The first-order chi connectivity index (χ1) is 8.08.